The van der Waals surface area contributed by atoms with E-state index in [2.05, 4.69) is 47.4 Å². The van der Waals surface area contributed by atoms with Crippen LogP contribution in [0.3, 0.4) is 0 Å². The molecule has 0 saturated carbocycles. The van der Waals surface area contributed by atoms with Crippen LogP contribution in [-0.2, 0) is 26.7 Å². The minimum atomic E-state index is 0. The number of nitrogens with one attached hydrogen (secondary N) is 2. The molecule has 27 heavy (non-hydrogen) atoms. The minimum Gasteiger partial charge on any atom is -0.357 e. The third kappa shape index (κ3) is 6.05. The first-order chi connectivity index (χ1) is 12.8. The van der Waals surface area contributed by atoms with Crippen LogP contribution in [0.2, 0.25) is 0 Å². The number of guanidine groups is 1. The Hall–Kier alpha value is -2.43. The van der Waals surface area contributed by atoms with E-state index in [4.69, 9.17) is 0 Å². The fraction of sp³-hybridized carbons (Fsp3) is 0.333. The fourth-order valence-corrected chi connectivity index (χ4v) is 2.55. The zero-order valence-corrected chi connectivity index (χ0v) is 17.9. The third-order valence-corrected chi connectivity index (χ3v) is 3.94. The van der Waals surface area contributed by atoms with E-state index in [9.17, 15) is 0 Å². The van der Waals surface area contributed by atoms with Gasteiger partial charge in [0.05, 0.1) is 6.54 Å². The van der Waals surface area contributed by atoms with Crippen LogP contribution in [0.15, 0.2) is 54.0 Å². The van der Waals surface area contributed by atoms with Gasteiger partial charge in [-0.1, -0.05) is 30.3 Å². The molecule has 0 fully saturated rings. The van der Waals surface area contributed by atoms with Crippen molar-refractivity contribution in [2.45, 2.75) is 26.6 Å². The van der Waals surface area contributed by atoms with Crippen LogP contribution in [0.4, 0.5) is 0 Å². The number of aliphatic imine (C=N–C) groups is 1. The summed E-state index contributed by atoms with van der Waals surface area (Å²) in [5.74, 6) is 2.50. The van der Waals surface area contributed by atoms with Crippen LogP contribution in [0.1, 0.15) is 24.1 Å². The highest BCUT2D eigenvalue weighted by Gasteiger charge is 2.06. The second-order valence-corrected chi connectivity index (χ2v) is 5.81. The highest BCUT2D eigenvalue weighted by atomic mass is 127. The van der Waals surface area contributed by atoms with Gasteiger partial charge < -0.3 is 15.2 Å². The number of aryl methyl sites for hydroxylation is 1. The zero-order valence-electron chi connectivity index (χ0n) is 15.5. The molecule has 8 nitrogen and oxygen atoms in total. The van der Waals surface area contributed by atoms with Crippen LogP contribution >= 0.6 is 24.0 Å². The lowest BCUT2D eigenvalue weighted by molar-refractivity contribution is 0.679. The van der Waals surface area contributed by atoms with Crippen molar-refractivity contribution in [2.24, 2.45) is 12.0 Å². The summed E-state index contributed by atoms with van der Waals surface area (Å²) in [6.07, 6.45) is 5.35. The average molecular weight is 480 g/mol. The van der Waals surface area contributed by atoms with E-state index in [-0.39, 0.29) is 24.0 Å². The standard InChI is InChI=1S/C18H24N8.HI/c1-3-19-18(21-11-16-23-14-24-25(16)2)22-12-17-20-9-10-26(17)13-15-7-5-4-6-8-15;/h4-10,14H,3,11-13H2,1-2H3,(H2,19,21,22);1H. The van der Waals surface area contributed by atoms with Gasteiger partial charge in [0.2, 0.25) is 0 Å². The Bertz CT molecular complexity index is 840. The van der Waals surface area contributed by atoms with Crippen molar-refractivity contribution in [2.75, 3.05) is 6.54 Å². The van der Waals surface area contributed by atoms with E-state index in [0.717, 1.165) is 30.7 Å². The van der Waals surface area contributed by atoms with Gasteiger partial charge in [-0.15, -0.1) is 24.0 Å². The van der Waals surface area contributed by atoms with Gasteiger partial charge in [0.25, 0.3) is 0 Å². The molecule has 2 heterocycles. The molecule has 9 heteroatoms. The van der Waals surface area contributed by atoms with Crippen molar-refractivity contribution < 1.29 is 0 Å². The van der Waals surface area contributed by atoms with Gasteiger partial charge in [-0.3, -0.25) is 4.68 Å². The molecule has 0 unspecified atom stereocenters. The maximum Gasteiger partial charge on any atom is 0.192 e. The van der Waals surface area contributed by atoms with Crippen molar-refractivity contribution in [3.05, 3.63) is 66.3 Å². The van der Waals surface area contributed by atoms with Crippen LogP contribution in [0.5, 0.6) is 0 Å². The molecule has 0 aliphatic heterocycles. The van der Waals surface area contributed by atoms with Crippen molar-refractivity contribution in [1.82, 2.24) is 34.9 Å². The van der Waals surface area contributed by atoms with E-state index >= 15 is 0 Å². The van der Waals surface area contributed by atoms with E-state index < -0.39 is 0 Å². The molecule has 144 valence electrons. The number of hydrogen-bond donors (Lipinski definition) is 2. The molecule has 0 aliphatic carbocycles. The normalized spacial score (nSPS) is 11.1. The smallest absolute Gasteiger partial charge is 0.192 e. The zero-order chi connectivity index (χ0) is 18.2. The Labute approximate surface area is 176 Å². The number of aromatic nitrogens is 5. The number of rotatable bonds is 7. The molecule has 2 aromatic heterocycles. The van der Waals surface area contributed by atoms with Crippen LogP contribution in [0, 0.1) is 0 Å². The molecule has 0 saturated heterocycles. The van der Waals surface area contributed by atoms with Gasteiger partial charge in [-0.2, -0.15) is 5.10 Å². The summed E-state index contributed by atoms with van der Waals surface area (Å²) in [5.41, 5.74) is 1.25. The molecule has 2 N–H and O–H groups in total. The molecule has 3 aromatic rings. The molecule has 0 amide bonds. The number of benzene rings is 1. The van der Waals surface area contributed by atoms with Gasteiger partial charge in [0, 0.05) is 32.5 Å². The number of nitrogens with zero attached hydrogens (tertiary/aromatic N) is 6. The molecule has 3 rings (SSSR count). The van der Waals surface area contributed by atoms with E-state index in [0.29, 0.717) is 13.1 Å². The highest BCUT2D eigenvalue weighted by molar-refractivity contribution is 14.0. The van der Waals surface area contributed by atoms with E-state index in [1.807, 2.05) is 44.6 Å². The van der Waals surface area contributed by atoms with Crippen LogP contribution in [0.25, 0.3) is 0 Å². The first kappa shape index (κ1) is 20.9. The fourth-order valence-electron chi connectivity index (χ4n) is 2.55. The molecule has 0 atom stereocenters. The van der Waals surface area contributed by atoms with Crippen molar-refractivity contribution >= 4 is 29.9 Å². The largest absolute Gasteiger partial charge is 0.357 e. The molecule has 0 spiro atoms. The van der Waals surface area contributed by atoms with Gasteiger partial charge in [0.1, 0.15) is 24.5 Å². The summed E-state index contributed by atoms with van der Waals surface area (Å²) in [4.78, 5) is 13.2. The quantitative estimate of drug-likeness (QED) is 0.307. The summed E-state index contributed by atoms with van der Waals surface area (Å²) in [6, 6.07) is 10.3. The number of halogens is 1. The maximum absolute atomic E-state index is 4.56. The molecule has 1 aromatic carbocycles. The maximum atomic E-state index is 4.56. The lowest BCUT2D eigenvalue weighted by atomic mass is 10.2. The van der Waals surface area contributed by atoms with Gasteiger partial charge >= 0.3 is 0 Å². The third-order valence-electron chi connectivity index (χ3n) is 3.94. The predicted molar refractivity (Wildman–Crippen MR) is 116 cm³/mol. The van der Waals surface area contributed by atoms with Crippen molar-refractivity contribution in [3.63, 3.8) is 0 Å². The highest BCUT2D eigenvalue weighted by Crippen LogP contribution is 2.05. The molecular formula is C18H25IN8. The van der Waals surface area contributed by atoms with Gasteiger partial charge in [-0.25, -0.2) is 15.0 Å². The Morgan fingerprint density at radius 1 is 1.11 bits per heavy atom. The topological polar surface area (TPSA) is 84.9 Å². The predicted octanol–water partition coefficient (Wildman–Crippen LogP) is 1.93. The van der Waals surface area contributed by atoms with E-state index in [1.54, 1.807) is 4.68 Å². The molecule has 0 bridgehead atoms. The monoisotopic (exact) mass is 480 g/mol. The average Bonchev–Trinajstić information content (AvgIpc) is 3.27. The lowest BCUT2D eigenvalue weighted by Gasteiger charge is -2.12. The first-order valence-electron chi connectivity index (χ1n) is 8.65. The van der Waals surface area contributed by atoms with Crippen LogP contribution < -0.4 is 10.6 Å². The Morgan fingerprint density at radius 2 is 1.93 bits per heavy atom. The van der Waals surface area contributed by atoms with Gasteiger partial charge in [-0.05, 0) is 12.5 Å². The second-order valence-electron chi connectivity index (χ2n) is 5.81. The summed E-state index contributed by atoms with van der Waals surface area (Å²) in [7, 11) is 1.86. The van der Waals surface area contributed by atoms with Gasteiger partial charge in [0.15, 0.2) is 5.96 Å². The van der Waals surface area contributed by atoms with E-state index in [1.165, 1.54) is 11.9 Å². The van der Waals surface area contributed by atoms with Crippen molar-refractivity contribution in [3.8, 4) is 0 Å². The summed E-state index contributed by atoms with van der Waals surface area (Å²) >= 11 is 0. The first-order valence-corrected chi connectivity index (χ1v) is 8.65. The minimum absolute atomic E-state index is 0. The van der Waals surface area contributed by atoms with Crippen molar-refractivity contribution in [1.29, 1.82) is 0 Å². The summed E-state index contributed by atoms with van der Waals surface area (Å²) in [5, 5.41) is 10.6. The Morgan fingerprint density at radius 3 is 2.63 bits per heavy atom. The summed E-state index contributed by atoms with van der Waals surface area (Å²) < 4.78 is 3.86. The van der Waals surface area contributed by atoms with Crippen LogP contribution in [-0.4, -0.2) is 36.8 Å². The molecule has 0 aliphatic rings. The number of hydrogen-bond acceptors (Lipinski definition) is 4. The molecular weight excluding hydrogens is 455 g/mol. The molecule has 0 radical (unpaired) electrons. The SMILES string of the molecule is CCNC(=NCc1ncnn1C)NCc1nccn1Cc1ccccc1.I. The summed E-state index contributed by atoms with van der Waals surface area (Å²) in [6.45, 7) is 4.66. The second kappa shape index (κ2) is 10.7. The lowest BCUT2D eigenvalue weighted by Crippen LogP contribution is -2.37. The number of imidazole rings is 1. The Kier molecular flexibility index (Phi) is 8.24. The Balaban J connectivity index is 0.00000261.